The number of carbonyl (C=O) groups is 3. The van der Waals surface area contributed by atoms with Crippen LogP contribution in [0, 0.1) is 0 Å². The highest BCUT2D eigenvalue weighted by Gasteiger charge is 2.31. The van der Waals surface area contributed by atoms with E-state index in [9.17, 15) is 14.4 Å². The Hall–Kier alpha value is -3.67. The minimum atomic E-state index is -0.533. The highest BCUT2D eigenvalue weighted by atomic mass is 16.2. The summed E-state index contributed by atoms with van der Waals surface area (Å²) < 4.78 is 0. The molecule has 3 amide bonds. The fraction of sp³-hybridized carbons (Fsp3) is 0.296. The van der Waals surface area contributed by atoms with Gasteiger partial charge in [0, 0.05) is 37.5 Å². The Balaban J connectivity index is 1.47. The molecule has 6 heteroatoms. The van der Waals surface area contributed by atoms with E-state index in [0.29, 0.717) is 31.5 Å². The van der Waals surface area contributed by atoms with Crippen molar-refractivity contribution in [3.63, 3.8) is 0 Å². The van der Waals surface area contributed by atoms with Gasteiger partial charge in [0.2, 0.25) is 11.8 Å². The molecule has 1 atom stereocenters. The van der Waals surface area contributed by atoms with Crippen LogP contribution in [0.2, 0.25) is 0 Å². The average molecular weight is 444 g/mol. The molecule has 3 aromatic carbocycles. The molecule has 0 aliphatic carbocycles. The van der Waals surface area contributed by atoms with Gasteiger partial charge in [-0.3, -0.25) is 14.4 Å². The zero-order chi connectivity index (χ0) is 23.4. The lowest BCUT2D eigenvalue weighted by atomic mass is 10.1. The zero-order valence-electron chi connectivity index (χ0n) is 19.1. The normalized spacial score (nSPS) is 13.3. The standard InChI is InChI=1S/C27H29N3O3/c1-3-22(26(32)28-2)30(18-19-10-5-4-6-11-19)24(31)16-9-17-29-23-15-8-13-20-12-7-14-21(25(20)23)27(29)33/h4-8,10-15,22H,3,9,16-18H2,1-2H3,(H,28,32). The van der Waals surface area contributed by atoms with E-state index in [1.807, 2.05) is 73.7 Å². The molecule has 1 aliphatic rings. The Morgan fingerprint density at radius 1 is 1.00 bits per heavy atom. The Labute approximate surface area is 194 Å². The van der Waals surface area contributed by atoms with Crippen LogP contribution < -0.4 is 10.2 Å². The van der Waals surface area contributed by atoms with Gasteiger partial charge in [-0.1, -0.05) is 61.5 Å². The second-order valence-electron chi connectivity index (χ2n) is 8.29. The summed E-state index contributed by atoms with van der Waals surface area (Å²) in [6.45, 7) is 2.74. The average Bonchev–Trinajstić information content (AvgIpc) is 3.12. The third-order valence-electron chi connectivity index (χ3n) is 6.25. The third-order valence-corrected chi connectivity index (χ3v) is 6.25. The van der Waals surface area contributed by atoms with Crippen molar-refractivity contribution in [2.75, 3.05) is 18.5 Å². The quantitative estimate of drug-likeness (QED) is 0.541. The molecule has 3 aromatic rings. The molecule has 1 unspecified atom stereocenters. The number of anilines is 1. The lowest BCUT2D eigenvalue weighted by molar-refractivity contribution is -0.141. The van der Waals surface area contributed by atoms with Gasteiger partial charge in [-0.25, -0.2) is 0 Å². The molecule has 0 saturated carbocycles. The Morgan fingerprint density at radius 3 is 2.42 bits per heavy atom. The molecule has 0 aromatic heterocycles. The molecule has 0 bridgehead atoms. The van der Waals surface area contributed by atoms with Crippen molar-refractivity contribution in [2.45, 2.75) is 38.8 Å². The summed E-state index contributed by atoms with van der Waals surface area (Å²) in [6.07, 6.45) is 1.31. The van der Waals surface area contributed by atoms with Crippen molar-refractivity contribution in [3.8, 4) is 0 Å². The van der Waals surface area contributed by atoms with Crippen molar-refractivity contribution in [2.24, 2.45) is 0 Å². The van der Waals surface area contributed by atoms with Gasteiger partial charge in [-0.15, -0.1) is 0 Å². The molecule has 1 aliphatic heterocycles. The number of likely N-dealkylation sites (N-methyl/N-ethyl adjacent to an activating group) is 1. The second kappa shape index (κ2) is 9.86. The fourth-order valence-electron chi connectivity index (χ4n) is 4.60. The summed E-state index contributed by atoms with van der Waals surface area (Å²) in [5.41, 5.74) is 2.59. The van der Waals surface area contributed by atoms with E-state index in [2.05, 4.69) is 5.32 Å². The van der Waals surface area contributed by atoms with Gasteiger partial charge < -0.3 is 15.1 Å². The van der Waals surface area contributed by atoms with E-state index in [4.69, 9.17) is 0 Å². The van der Waals surface area contributed by atoms with Gasteiger partial charge in [0.15, 0.2) is 0 Å². The lowest BCUT2D eigenvalue weighted by Gasteiger charge is -2.30. The van der Waals surface area contributed by atoms with E-state index in [1.165, 1.54) is 0 Å². The van der Waals surface area contributed by atoms with Gasteiger partial charge in [-0.2, -0.15) is 0 Å². The van der Waals surface area contributed by atoms with Gasteiger partial charge >= 0.3 is 0 Å². The fourth-order valence-corrected chi connectivity index (χ4v) is 4.60. The summed E-state index contributed by atoms with van der Waals surface area (Å²) in [4.78, 5) is 42.2. The van der Waals surface area contributed by atoms with Crippen LogP contribution in [-0.4, -0.2) is 42.3 Å². The topological polar surface area (TPSA) is 69.7 Å². The predicted molar refractivity (Wildman–Crippen MR) is 130 cm³/mol. The van der Waals surface area contributed by atoms with E-state index < -0.39 is 6.04 Å². The summed E-state index contributed by atoms with van der Waals surface area (Å²) in [7, 11) is 1.59. The number of nitrogens with one attached hydrogen (secondary N) is 1. The number of hydrogen-bond donors (Lipinski definition) is 1. The SMILES string of the molecule is CCC(C(=O)NC)N(Cc1ccccc1)C(=O)CCCN1C(=O)c2cccc3cccc1c23. The van der Waals surface area contributed by atoms with E-state index in [0.717, 1.165) is 22.0 Å². The maximum atomic E-state index is 13.3. The molecule has 33 heavy (non-hydrogen) atoms. The maximum Gasteiger partial charge on any atom is 0.258 e. The molecule has 0 saturated heterocycles. The maximum absolute atomic E-state index is 13.3. The number of rotatable bonds is 9. The first-order valence-electron chi connectivity index (χ1n) is 11.4. The first-order valence-corrected chi connectivity index (χ1v) is 11.4. The monoisotopic (exact) mass is 443 g/mol. The van der Waals surface area contributed by atoms with Crippen LogP contribution >= 0.6 is 0 Å². The van der Waals surface area contributed by atoms with Gasteiger partial charge in [-0.05, 0) is 35.9 Å². The van der Waals surface area contributed by atoms with Crippen LogP contribution in [0.5, 0.6) is 0 Å². The minimum absolute atomic E-state index is 0.0211. The minimum Gasteiger partial charge on any atom is -0.357 e. The van der Waals surface area contributed by atoms with Gasteiger partial charge in [0.05, 0.1) is 5.69 Å². The van der Waals surface area contributed by atoms with E-state index >= 15 is 0 Å². The number of nitrogens with zero attached hydrogens (tertiary/aromatic N) is 2. The van der Waals surface area contributed by atoms with Gasteiger partial charge in [0.1, 0.15) is 6.04 Å². The van der Waals surface area contributed by atoms with Crippen LogP contribution in [0.15, 0.2) is 66.7 Å². The molecule has 170 valence electrons. The van der Waals surface area contributed by atoms with Crippen molar-refractivity contribution in [3.05, 3.63) is 77.9 Å². The Morgan fingerprint density at radius 2 is 1.73 bits per heavy atom. The van der Waals surface area contributed by atoms with Crippen LogP contribution in [0.1, 0.15) is 42.1 Å². The summed E-state index contributed by atoms with van der Waals surface area (Å²) in [6, 6.07) is 20.8. The van der Waals surface area contributed by atoms with Crippen LogP contribution in [0.3, 0.4) is 0 Å². The number of amides is 3. The molecule has 4 rings (SSSR count). The zero-order valence-corrected chi connectivity index (χ0v) is 19.1. The van der Waals surface area contributed by atoms with Crippen molar-refractivity contribution < 1.29 is 14.4 Å². The van der Waals surface area contributed by atoms with E-state index in [1.54, 1.807) is 16.8 Å². The summed E-state index contributed by atoms with van der Waals surface area (Å²) in [5, 5.41) is 4.70. The van der Waals surface area contributed by atoms with Crippen molar-refractivity contribution in [1.82, 2.24) is 10.2 Å². The highest BCUT2D eigenvalue weighted by molar-refractivity contribution is 6.25. The smallest absolute Gasteiger partial charge is 0.258 e. The number of carbonyl (C=O) groups excluding carboxylic acids is 3. The molecule has 0 spiro atoms. The van der Waals surface area contributed by atoms with Crippen molar-refractivity contribution >= 4 is 34.2 Å². The molecular formula is C27H29N3O3. The second-order valence-corrected chi connectivity index (χ2v) is 8.29. The molecular weight excluding hydrogens is 414 g/mol. The van der Waals surface area contributed by atoms with E-state index in [-0.39, 0.29) is 24.1 Å². The Bertz CT molecular complexity index is 1170. The predicted octanol–water partition coefficient (Wildman–Crippen LogP) is 4.13. The molecule has 6 nitrogen and oxygen atoms in total. The van der Waals surface area contributed by atoms with Crippen LogP contribution in [0.4, 0.5) is 5.69 Å². The number of benzene rings is 3. The first-order chi connectivity index (χ1) is 16.0. The lowest BCUT2D eigenvalue weighted by Crippen LogP contribution is -2.48. The van der Waals surface area contributed by atoms with Crippen LogP contribution in [0.25, 0.3) is 10.8 Å². The molecule has 1 N–H and O–H groups in total. The van der Waals surface area contributed by atoms with Crippen molar-refractivity contribution in [1.29, 1.82) is 0 Å². The van der Waals surface area contributed by atoms with Gasteiger partial charge in [0.25, 0.3) is 5.91 Å². The Kier molecular flexibility index (Phi) is 6.73. The number of hydrogen-bond acceptors (Lipinski definition) is 3. The molecule has 0 fully saturated rings. The highest BCUT2D eigenvalue weighted by Crippen LogP contribution is 2.37. The largest absolute Gasteiger partial charge is 0.357 e. The first kappa shape index (κ1) is 22.5. The van der Waals surface area contributed by atoms with Crippen LogP contribution in [-0.2, 0) is 16.1 Å². The molecule has 0 radical (unpaired) electrons. The summed E-state index contributed by atoms with van der Waals surface area (Å²) in [5.74, 6) is -0.275. The molecule has 1 heterocycles. The third kappa shape index (κ3) is 4.46. The summed E-state index contributed by atoms with van der Waals surface area (Å²) >= 11 is 0.